The van der Waals surface area contributed by atoms with E-state index in [-0.39, 0.29) is 0 Å². The molecule has 6 nitrogen and oxygen atoms in total. The van der Waals surface area contributed by atoms with Crippen molar-refractivity contribution in [3.63, 3.8) is 0 Å². The lowest BCUT2D eigenvalue weighted by Crippen LogP contribution is -2.40. The third-order valence-corrected chi connectivity index (χ3v) is 1.96. The van der Waals surface area contributed by atoms with Crippen molar-refractivity contribution in [2.45, 2.75) is 32.4 Å². The summed E-state index contributed by atoms with van der Waals surface area (Å²) in [5.74, 6) is -0.672. The van der Waals surface area contributed by atoms with Crippen molar-refractivity contribution in [1.82, 2.24) is 10.3 Å². The number of alkyl carbamates (subject to hydrolysis) is 1. The van der Waals surface area contributed by atoms with Crippen LogP contribution < -0.4 is 11.1 Å². The molecule has 0 aliphatic heterocycles. The van der Waals surface area contributed by atoms with Crippen molar-refractivity contribution < 1.29 is 14.3 Å². The number of nitrogens with two attached hydrogens (primary N) is 1. The van der Waals surface area contributed by atoms with Gasteiger partial charge in [0.1, 0.15) is 11.6 Å². The average molecular weight is 251 g/mol. The van der Waals surface area contributed by atoms with Crippen LogP contribution >= 0.6 is 0 Å². The number of amides is 2. The summed E-state index contributed by atoms with van der Waals surface area (Å²) in [6, 6.07) is 2.36. The Morgan fingerprint density at radius 2 is 2.11 bits per heavy atom. The molecule has 0 saturated carbocycles. The maximum Gasteiger partial charge on any atom is 0.408 e. The molecular weight excluding hydrogens is 234 g/mol. The van der Waals surface area contributed by atoms with E-state index in [1.165, 1.54) is 6.20 Å². The molecular formula is C12H17N3O3. The van der Waals surface area contributed by atoms with Gasteiger partial charge in [-0.25, -0.2) is 4.79 Å². The zero-order valence-corrected chi connectivity index (χ0v) is 10.6. The summed E-state index contributed by atoms with van der Waals surface area (Å²) in [5.41, 5.74) is 5.12. The first-order chi connectivity index (χ1) is 8.29. The van der Waals surface area contributed by atoms with Crippen LogP contribution in [0.25, 0.3) is 0 Å². The summed E-state index contributed by atoms with van der Waals surface area (Å²) in [6.07, 6.45) is 2.33. The molecule has 1 aromatic rings. The predicted molar refractivity (Wildman–Crippen MR) is 65.5 cm³/mol. The molecule has 0 aliphatic rings. The highest BCUT2D eigenvalue weighted by Gasteiger charge is 2.24. The highest BCUT2D eigenvalue weighted by atomic mass is 16.6. The molecule has 98 valence electrons. The summed E-state index contributed by atoms with van der Waals surface area (Å²) in [6.45, 7) is 5.20. The molecule has 1 rings (SSSR count). The highest BCUT2D eigenvalue weighted by Crippen LogP contribution is 2.13. The second-order valence-electron chi connectivity index (χ2n) is 4.77. The number of aromatic nitrogens is 1. The third kappa shape index (κ3) is 4.40. The zero-order chi connectivity index (χ0) is 13.8. The van der Waals surface area contributed by atoms with Gasteiger partial charge >= 0.3 is 6.09 Å². The van der Waals surface area contributed by atoms with E-state index in [0.717, 1.165) is 0 Å². The van der Waals surface area contributed by atoms with Crippen molar-refractivity contribution >= 4 is 12.0 Å². The monoisotopic (exact) mass is 251 g/mol. The average Bonchev–Trinajstić information content (AvgIpc) is 2.24. The van der Waals surface area contributed by atoms with Crippen LogP contribution in [-0.2, 0) is 9.53 Å². The molecule has 0 spiro atoms. The number of hydrogen-bond acceptors (Lipinski definition) is 4. The van der Waals surface area contributed by atoms with Crippen LogP contribution in [0.15, 0.2) is 24.5 Å². The van der Waals surface area contributed by atoms with Gasteiger partial charge in [0.25, 0.3) is 0 Å². The van der Waals surface area contributed by atoms with Gasteiger partial charge in [-0.05, 0) is 26.8 Å². The number of carbonyl (C=O) groups excluding carboxylic acids is 2. The minimum absolute atomic E-state index is 0.510. The van der Waals surface area contributed by atoms with Gasteiger partial charge in [-0.3, -0.25) is 9.78 Å². The number of hydrogen-bond donors (Lipinski definition) is 2. The summed E-state index contributed by atoms with van der Waals surface area (Å²) >= 11 is 0. The molecule has 0 aliphatic carbocycles. The maximum atomic E-state index is 11.6. The lowest BCUT2D eigenvalue weighted by molar-refractivity contribution is -0.120. The van der Waals surface area contributed by atoms with E-state index in [1.54, 1.807) is 39.1 Å². The molecule has 0 saturated heterocycles. The molecule has 1 unspecified atom stereocenters. The highest BCUT2D eigenvalue weighted by molar-refractivity contribution is 5.85. The lowest BCUT2D eigenvalue weighted by Gasteiger charge is -2.22. The van der Waals surface area contributed by atoms with Crippen molar-refractivity contribution in [2.75, 3.05) is 0 Å². The number of nitrogens with one attached hydrogen (secondary N) is 1. The van der Waals surface area contributed by atoms with E-state index in [9.17, 15) is 9.59 Å². The van der Waals surface area contributed by atoms with Crippen LogP contribution in [0.1, 0.15) is 32.4 Å². The van der Waals surface area contributed by atoms with Gasteiger partial charge in [-0.15, -0.1) is 0 Å². The Bertz CT molecular complexity index is 426. The Balaban J connectivity index is 2.77. The number of nitrogens with zero attached hydrogens (tertiary/aromatic N) is 1. The predicted octanol–water partition coefficient (Wildman–Crippen LogP) is 1.13. The molecule has 6 heteroatoms. The van der Waals surface area contributed by atoms with Crippen LogP contribution in [0, 0.1) is 0 Å². The van der Waals surface area contributed by atoms with E-state index in [2.05, 4.69) is 10.3 Å². The normalized spacial score (nSPS) is 12.6. The molecule has 0 bridgehead atoms. The van der Waals surface area contributed by atoms with Crippen LogP contribution in [0.4, 0.5) is 4.79 Å². The van der Waals surface area contributed by atoms with Crippen molar-refractivity contribution in [3.05, 3.63) is 30.1 Å². The van der Waals surface area contributed by atoms with Gasteiger partial charge < -0.3 is 15.8 Å². The Morgan fingerprint density at radius 3 is 2.56 bits per heavy atom. The number of ether oxygens (including phenoxy) is 1. The molecule has 1 aromatic heterocycles. The van der Waals surface area contributed by atoms with Crippen LogP contribution in [0.2, 0.25) is 0 Å². The van der Waals surface area contributed by atoms with Gasteiger partial charge in [-0.2, -0.15) is 0 Å². The van der Waals surface area contributed by atoms with Crippen molar-refractivity contribution in [1.29, 1.82) is 0 Å². The Morgan fingerprint density at radius 1 is 1.44 bits per heavy atom. The Hall–Kier alpha value is -2.11. The van der Waals surface area contributed by atoms with E-state index in [1.807, 2.05) is 0 Å². The molecule has 0 aromatic carbocycles. The number of carbonyl (C=O) groups is 2. The van der Waals surface area contributed by atoms with Crippen molar-refractivity contribution in [3.8, 4) is 0 Å². The van der Waals surface area contributed by atoms with E-state index in [4.69, 9.17) is 10.5 Å². The molecule has 0 radical (unpaired) electrons. The first kappa shape index (κ1) is 14.0. The SMILES string of the molecule is CC(C)(C)OC(=O)NC(C(N)=O)c1cccnc1. The fraction of sp³-hybridized carbons (Fsp3) is 0.417. The zero-order valence-electron chi connectivity index (χ0n) is 10.6. The van der Waals surface area contributed by atoms with Gasteiger partial charge in [0.2, 0.25) is 5.91 Å². The molecule has 3 N–H and O–H groups in total. The fourth-order valence-electron chi connectivity index (χ4n) is 1.29. The van der Waals surface area contributed by atoms with Crippen LogP contribution in [0.3, 0.4) is 0 Å². The first-order valence-electron chi connectivity index (χ1n) is 5.48. The summed E-state index contributed by atoms with van der Waals surface area (Å²) in [5, 5.41) is 2.41. The molecule has 1 atom stereocenters. The topological polar surface area (TPSA) is 94.3 Å². The summed E-state index contributed by atoms with van der Waals surface area (Å²) in [7, 11) is 0. The first-order valence-corrected chi connectivity index (χ1v) is 5.48. The van der Waals surface area contributed by atoms with E-state index >= 15 is 0 Å². The third-order valence-electron chi connectivity index (χ3n) is 1.96. The van der Waals surface area contributed by atoms with Crippen molar-refractivity contribution in [2.24, 2.45) is 5.73 Å². The largest absolute Gasteiger partial charge is 0.444 e. The minimum atomic E-state index is -0.950. The Labute approximate surface area is 106 Å². The molecule has 1 heterocycles. The van der Waals surface area contributed by atoms with Gasteiger partial charge in [0.15, 0.2) is 0 Å². The van der Waals surface area contributed by atoms with Gasteiger partial charge in [-0.1, -0.05) is 6.07 Å². The number of rotatable bonds is 3. The number of primary amides is 1. The lowest BCUT2D eigenvalue weighted by atomic mass is 10.1. The van der Waals surface area contributed by atoms with Gasteiger partial charge in [0.05, 0.1) is 0 Å². The van der Waals surface area contributed by atoms with Crippen LogP contribution in [-0.4, -0.2) is 22.6 Å². The Kier molecular flexibility index (Phi) is 4.25. The van der Waals surface area contributed by atoms with Crippen LogP contribution in [0.5, 0.6) is 0 Å². The smallest absolute Gasteiger partial charge is 0.408 e. The second-order valence-corrected chi connectivity index (χ2v) is 4.77. The van der Waals surface area contributed by atoms with E-state index in [0.29, 0.717) is 5.56 Å². The fourth-order valence-corrected chi connectivity index (χ4v) is 1.29. The molecule has 18 heavy (non-hydrogen) atoms. The second kappa shape index (κ2) is 5.48. The number of pyridine rings is 1. The molecule has 0 fully saturated rings. The standard InChI is InChI=1S/C12H17N3O3/c1-12(2,3)18-11(17)15-9(10(13)16)8-5-4-6-14-7-8/h4-7,9H,1-3H3,(H2,13,16)(H,15,17). The van der Waals surface area contributed by atoms with E-state index < -0.39 is 23.6 Å². The minimum Gasteiger partial charge on any atom is -0.444 e. The summed E-state index contributed by atoms with van der Waals surface area (Å²) < 4.78 is 5.06. The van der Waals surface area contributed by atoms with Gasteiger partial charge in [0, 0.05) is 18.0 Å². The molecule has 2 amide bonds. The summed E-state index contributed by atoms with van der Waals surface area (Å²) in [4.78, 5) is 26.8. The quantitative estimate of drug-likeness (QED) is 0.842. The maximum absolute atomic E-state index is 11.6.